The fraction of sp³-hybridized carbons (Fsp3) is 0.357. The third-order valence-electron chi connectivity index (χ3n) is 2.81. The number of para-hydroxylation sites is 1. The summed E-state index contributed by atoms with van der Waals surface area (Å²) in [6.07, 6.45) is 3.62. The first kappa shape index (κ1) is 13.9. The molecule has 1 unspecified atom stereocenters. The summed E-state index contributed by atoms with van der Waals surface area (Å²) in [6.45, 7) is 3.68. The molecule has 0 radical (unpaired) electrons. The number of anilines is 1. The second kappa shape index (κ2) is 6.59. The lowest BCUT2D eigenvalue weighted by Crippen LogP contribution is -2.17. The molecule has 1 heterocycles. The summed E-state index contributed by atoms with van der Waals surface area (Å²) in [4.78, 5) is 0. The summed E-state index contributed by atoms with van der Waals surface area (Å²) in [6, 6.07) is 7.67. The molecule has 0 aliphatic rings. The predicted molar refractivity (Wildman–Crippen MR) is 78.1 cm³/mol. The van der Waals surface area contributed by atoms with Crippen LogP contribution < -0.4 is 5.32 Å². The van der Waals surface area contributed by atoms with Crippen LogP contribution in [-0.4, -0.2) is 30.0 Å². The number of aromatic nitrogens is 2. The lowest BCUT2D eigenvalue weighted by atomic mass is 10.2. The molecule has 0 amide bonds. The topological polar surface area (TPSA) is 39.1 Å². The highest BCUT2D eigenvalue weighted by molar-refractivity contribution is 6.33. The van der Waals surface area contributed by atoms with E-state index in [1.165, 1.54) is 0 Å². The lowest BCUT2D eigenvalue weighted by molar-refractivity contribution is 0.164. The Labute approximate surface area is 118 Å². The lowest BCUT2D eigenvalue weighted by Gasteiger charge is -2.16. The van der Waals surface area contributed by atoms with Crippen molar-refractivity contribution in [2.24, 2.45) is 5.92 Å². The second-order valence-corrected chi connectivity index (χ2v) is 4.94. The van der Waals surface area contributed by atoms with Crippen molar-refractivity contribution in [3.8, 4) is 5.69 Å². The Balaban J connectivity index is 2.19. The van der Waals surface area contributed by atoms with Gasteiger partial charge in [0.1, 0.15) is 5.69 Å². The SMILES string of the molecule is COCC(C)CNc1cccc(Cl)c1-n1cccn1. The summed E-state index contributed by atoms with van der Waals surface area (Å²) in [5.74, 6) is 0.425. The fourth-order valence-corrected chi connectivity index (χ4v) is 2.18. The van der Waals surface area contributed by atoms with Crippen molar-refractivity contribution in [3.63, 3.8) is 0 Å². The average Bonchev–Trinajstić information content (AvgIpc) is 2.90. The number of ether oxygens (including phenoxy) is 1. The molecule has 4 nitrogen and oxygen atoms in total. The highest BCUT2D eigenvalue weighted by Gasteiger charge is 2.10. The molecule has 0 saturated carbocycles. The van der Waals surface area contributed by atoms with Gasteiger partial charge < -0.3 is 10.1 Å². The molecule has 19 heavy (non-hydrogen) atoms. The van der Waals surface area contributed by atoms with E-state index >= 15 is 0 Å². The van der Waals surface area contributed by atoms with Crippen LogP contribution in [0.5, 0.6) is 0 Å². The highest BCUT2D eigenvalue weighted by Crippen LogP contribution is 2.28. The van der Waals surface area contributed by atoms with Crippen LogP contribution in [0.2, 0.25) is 5.02 Å². The molecule has 0 saturated heterocycles. The summed E-state index contributed by atoms with van der Waals surface area (Å²) >= 11 is 6.27. The van der Waals surface area contributed by atoms with Crippen molar-refractivity contribution in [1.82, 2.24) is 9.78 Å². The first-order chi connectivity index (χ1) is 9.22. The molecule has 1 atom stereocenters. The van der Waals surface area contributed by atoms with Crippen molar-refractivity contribution >= 4 is 17.3 Å². The first-order valence-corrected chi connectivity index (χ1v) is 6.61. The Morgan fingerprint density at radius 1 is 1.42 bits per heavy atom. The van der Waals surface area contributed by atoms with Gasteiger partial charge in [-0.15, -0.1) is 0 Å². The monoisotopic (exact) mass is 279 g/mol. The van der Waals surface area contributed by atoms with Crippen molar-refractivity contribution in [3.05, 3.63) is 41.7 Å². The van der Waals surface area contributed by atoms with E-state index in [0.29, 0.717) is 10.9 Å². The van der Waals surface area contributed by atoms with Crippen LogP contribution in [-0.2, 0) is 4.74 Å². The fourth-order valence-electron chi connectivity index (χ4n) is 1.92. The molecule has 0 fully saturated rings. The molecule has 1 aromatic carbocycles. The van der Waals surface area contributed by atoms with Crippen molar-refractivity contribution in [2.45, 2.75) is 6.92 Å². The third-order valence-corrected chi connectivity index (χ3v) is 3.12. The van der Waals surface area contributed by atoms with E-state index in [2.05, 4.69) is 17.3 Å². The zero-order valence-corrected chi connectivity index (χ0v) is 11.9. The van der Waals surface area contributed by atoms with E-state index in [4.69, 9.17) is 16.3 Å². The molecule has 1 aromatic heterocycles. The summed E-state index contributed by atoms with van der Waals surface area (Å²) in [7, 11) is 1.71. The number of nitrogens with one attached hydrogen (secondary N) is 1. The minimum atomic E-state index is 0.425. The number of benzene rings is 1. The maximum Gasteiger partial charge on any atom is 0.106 e. The van der Waals surface area contributed by atoms with Gasteiger partial charge >= 0.3 is 0 Å². The largest absolute Gasteiger partial charge is 0.384 e. The minimum Gasteiger partial charge on any atom is -0.384 e. The van der Waals surface area contributed by atoms with Crippen LogP contribution in [0, 0.1) is 5.92 Å². The number of nitrogens with zero attached hydrogens (tertiary/aromatic N) is 2. The highest BCUT2D eigenvalue weighted by atomic mass is 35.5. The van der Waals surface area contributed by atoms with E-state index < -0.39 is 0 Å². The van der Waals surface area contributed by atoms with Crippen LogP contribution >= 0.6 is 11.6 Å². The van der Waals surface area contributed by atoms with Crippen LogP contribution in [0.1, 0.15) is 6.92 Å². The molecule has 0 spiro atoms. The maximum atomic E-state index is 6.27. The number of rotatable bonds is 6. The number of halogens is 1. The zero-order valence-electron chi connectivity index (χ0n) is 11.1. The zero-order chi connectivity index (χ0) is 13.7. The van der Waals surface area contributed by atoms with Gasteiger partial charge in [0.25, 0.3) is 0 Å². The van der Waals surface area contributed by atoms with E-state index in [0.717, 1.165) is 24.5 Å². The summed E-state index contributed by atoms with van der Waals surface area (Å²) < 4.78 is 6.90. The summed E-state index contributed by atoms with van der Waals surface area (Å²) in [5, 5.41) is 8.31. The molecule has 0 aliphatic heterocycles. The predicted octanol–water partition coefficient (Wildman–Crippen LogP) is 3.22. The van der Waals surface area contributed by atoms with Gasteiger partial charge in [0.15, 0.2) is 0 Å². The van der Waals surface area contributed by atoms with Crippen LogP contribution in [0.15, 0.2) is 36.7 Å². The molecule has 0 bridgehead atoms. The Morgan fingerprint density at radius 2 is 2.26 bits per heavy atom. The van der Waals surface area contributed by atoms with E-state index in [1.807, 2.05) is 30.5 Å². The van der Waals surface area contributed by atoms with Crippen molar-refractivity contribution in [1.29, 1.82) is 0 Å². The normalized spacial score (nSPS) is 12.4. The second-order valence-electron chi connectivity index (χ2n) is 4.53. The molecular weight excluding hydrogens is 262 g/mol. The van der Waals surface area contributed by atoms with E-state index in [-0.39, 0.29) is 0 Å². The quantitative estimate of drug-likeness (QED) is 0.882. The Bertz CT molecular complexity index is 513. The minimum absolute atomic E-state index is 0.425. The van der Waals surface area contributed by atoms with Gasteiger partial charge in [-0.25, -0.2) is 4.68 Å². The average molecular weight is 280 g/mol. The van der Waals surface area contributed by atoms with Gasteiger partial charge in [-0.3, -0.25) is 0 Å². The smallest absolute Gasteiger partial charge is 0.106 e. The number of hydrogen-bond acceptors (Lipinski definition) is 3. The molecular formula is C14H18ClN3O. The molecule has 1 N–H and O–H groups in total. The Kier molecular flexibility index (Phi) is 4.82. The van der Waals surface area contributed by atoms with Gasteiger partial charge in [-0.1, -0.05) is 24.6 Å². The van der Waals surface area contributed by atoms with Crippen molar-refractivity contribution < 1.29 is 4.74 Å². The summed E-state index contributed by atoms with van der Waals surface area (Å²) in [5.41, 5.74) is 1.85. The molecule has 2 rings (SSSR count). The van der Waals surface area contributed by atoms with E-state index in [9.17, 15) is 0 Å². The van der Waals surface area contributed by atoms with Crippen LogP contribution in [0.4, 0.5) is 5.69 Å². The van der Waals surface area contributed by atoms with Gasteiger partial charge in [0, 0.05) is 26.0 Å². The third kappa shape index (κ3) is 3.49. The van der Waals surface area contributed by atoms with Gasteiger partial charge in [0.2, 0.25) is 0 Å². The van der Waals surface area contributed by atoms with Crippen molar-refractivity contribution in [2.75, 3.05) is 25.6 Å². The Hall–Kier alpha value is -1.52. The number of hydrogen-bond donors (Lipinski definition) is 1. The van der Waals surface area contributed by atoms with Gasteiger partial charge in [-0.2, -0.15) is 5.10 Å². The molecule has 0 aliphatic carbocycles. The standard InChI is InChI=1S/C14H18ClN3O/c1-11(10-19-2)9-16-13-6-3-5-12(15)14(13)18-8-4-7-17-18/h3-8,11,16H,9-10H2,1-2H3. The molecule has 102 valence electrons. The van der Waals surface area contributed by atoms with Crippen LogP contribution in [0.3, 0.4) is 0 Å². The first-order valence-electron chi connectivity index (χ1n) is 6.23. The Morgan fingerprint density at radius 3 is 2.95 bits per heavy atom. The van der Waals surface area contributed by atoms with Gasteiger partial charge in [-0.05, 0) is 24.1 Å². The van der Waals surface area contributed by atoms with E-state index in [1.54, 1.807) is 18.0 Å². The van der Waals surface area contributed by atoms with Gasteiger partial charge in [0.05, 0.1) is 17.3 Å². The van der Waals surface area contributed by atoms with Crippen LogP contribution in [0.25, 0.3) is 5.69 Å². The number of methoxy groups -OCH3 is 1. The molecule has 5 heteroatoms. The molecule has 2 aromatic rings. The maximum absolute atomic E-state index is 6.27.